The molecule has 106 valence electrons. The van der Waals surface area contributed by atoms with Crippen LogP contribution < -0.4 is 0 Å². The summed E-state index contributed by atoms with van der Waals surface area (Å²) in [6, 6.07) is 0. The maximum Gasteiger partial charge on any atom is 0.412 e. The van der Waals surface area contributed by atoms with Crippen molar-refractivity contribution in [2.24, 2.45) is 16.8 Å². The van der Waals surface area contributed by atoms with Gasteiger partial charge in [0.05, 0.1) is 5.70 Å². The average molecular weight is 271 g/mol. The molecule has 0 radical (unpaired) electrons. The molecule has 0 amide bonds. The molecule has 19 heavy (non-hydrogen) atoms. The van der Waals surface area contributed by atoms with Crippen molar-refractivity contribution in [3.8, 4) is 0 Å². The molecule has 0 bridgehead atoms. The fourth-order valence-corrected chi connectivity index (χ4v) is 2.98. The summed E-state index contributed by atoms with van der Waals surface area (Å²) in [5, 5.41) is 0. The van der Waals surface area contributed by atoms with Crippen LogP contribution in [0.4, 0.5) is 13.2 Å². The summed E-state index contributed by atoms with van der Waals surface area (Å²) < 4.78 is 38.5. The third-order valence-electron chi connectivity index (χ3n) is 4.12. The topological polar surface area (TPSA) is 12.4 Å². The lowest BCUT2D eigenvalue weighted by Gasteiger charge is -2.32. The van der Waals surface area contributed by atoms with E-state index in [1.165, 1.54) is 6.08 Å². The van der Waals surface area contributed by atoms with Gasteiger partial charge in [-0.3, -0.25) is 4.99 Å². The van der Waals surface area contributed by atoms with E-state index in [0.29, 0.717) is 11.6 Å². The third kappa shape index (κ3) is 2.93. The molecule has 0 N–H and O–H groups in total. The van der Waals surface area contributed by atoms with Gasteiger partial charge in [-0.15, -0.1) is 0 Å². The standard InChI is InChI=1S/C15H20F3N/c1-4-5-11-7-13-9(2)6-12(15(16,17)18)8-14(13)19-10(11)3/h8-9,11H,4-7H2,1-3H3. The molecule has 2 rings (SSSR count). The Bertz CT molecular complexity index is 455. The summed E-state index contributed by atoms with van der Waals surface area (Å²) in [7, 11) is 0. The minimum atomic E-state index is -4.23. The van der Waals surface area contributed by atoms with Gasteiger partial charge in [0.15, 0.2) is 0 Å². The Labute approximate surface area is 112 Å². The van der Waals surface area contributed by atoms with Gasteiger partial charge in [-0.25, -0.2) is 0 Å². The molecule has 1 aliphatic carbocycles. The highest BCUT2D eigenvalue weighted by molar-refractivity contribution is 5.87. The fraction of sp³-hybridized carbons (Fsp3) is 0.667. The van der Waals surface area contributed by atoms with Gasteiger partial charge in [0.1, 0.15) is 0 Å². The quantitative estimate of drug-likeness (QED) is 0.666. The molecular formula is C15H20F3N. The van der Waals surface area contributed by atoms with Crippen LogP contribution in [-0.2, 0) is 0 Å². The minimum Gasteiger partial charge on any atom is -0.258 e. The number of allylic oxidation sites excluding steroid dienone is 3. The van der Waals surface area contributed by atoms with E-state index in [9.17, 15) is 13.2 Å². The van der Waals surface area contributed by atoms with Crippen molar-refractivity contribution < 1.29 is 13.2 Å². The first-order valence-corrected chi connectivity index (χ1v) is 6.89. The number of halogens is 3. The second-order valence-electron chi connectivity index (χ2n) is 5.63. The molecule has 0 aromatic heterocycles. The van der Waals surface area contributed by atoms with Crippen molar-refractivity contribution in [1.82, 2.24) is 0 Å². The van der Waals surface area contributed by atoms with Crippen LogP contribution in [0.1, 0.15) is 46.5 Å². The zero-order valence-corrected chi connectivity index (χ0v) is 11.6. The van der Waals surface area contributed by atoms with E-state index in [2.05, 4.69) is 11.9 Å². The van der Waals surface area contributed by atoms with Gasteiger partial charge in [-0.05, 0) is 43.8 Å². The number of hydrogen-bond acceptors (Lipinski definition) is 1. The van der Waals surface area contributed by atoms with Crippen LogP contribution in [0, 0.1) is 11.8 Å². The van der Waals surface area contributed by atoms with Crippen LogP contribution in [0.2, 0.25) is 0 Å². The average Bonchev–Trinajstić information content (AvgIpc) is 2.29. The zero-order valence-electron chi connectivity index (χ0n) is 11.6. The number of hydrogen-bond donors (Lipinski definition) is 0. The molecule has 2 aliphatic rings. The Morgan fingerprint density at radius 2 is 2.00 bits per heavy atom. The van der Waals surface area contributed by atoms with E-state index >= 15 is 0 Å². The minimum absolute atomic E-state index is 0.0483. The van der Waals surface area contributed by atoms with E-state index < -0.39 is 11.7 Å². The first-order valence-electron chi connectivity index (χ1n) is 6.89. The molecular weight excluding hydrogens is 251 g/mol. The normalized spacial score (nSPS) is 27.9. The van der Waals surface area contributed by atoms with Crippen molar-refractivity contribution in [3.05, 3.63) is 22.9 Å². The third-order valence-corrected chi connectivity index (χ3v) is 4.12. The van der Waals surface area contributed by atoms with Crippen molar-refractivity contribution >= 4 is 5.71 Å². The molecule has 1 nitrogen and oxygen atoms in total. The summed E-state index contributed by atoms with van der Waals surface area (Å²) in [5.74, 6) is 0.361. The Hall–Kier alpha value is -1.06. The summed E-state index contributed by atoms with van der Waals surface area (Å²) in [4.78, 5) is 4.44. The lowest BCUT2D eigenvalue weighted by molar-refractivity contribution is -0.0952. The molecule has 4 heteroatoms. The van der Waals surface area contributed by atoms with Crippen LogP contribution in [0.25, 0.3) is 0 Å². The molecule has 0 fully saturated rings. The highest BCUT2D eigenvalue weighted by Crippen LogP contribution is 2.42. The number of nitrogens with zero attached hydrogens (tertiary/aromatic N) is 1. The van der Waals surface area contributed by atoms with Gasteiger partial charge in [0, 0.05) is 17.2 Å². The second kappa shape index (κ2) is 5.14. The van der Waals surface area contributed by atoms with Crippen molar-refractivity contribution in [2.75, 3.05) is 0 Å². The van der Waals surface area contributed by atoms with E-state index in [1.54, 1.807) is 0 Å². The second-order valence-corrected chi connectivity index (χ2v) is 5.63. The predicted octanol–water partition coefficient (Wildman–Crippen LogP) is 5.05. The fourth-order valence-electron chi connectivity index (χ4n) is 2.98. The highest BCUT2D eigenvalue weighted by Gasteiger charge is 2.38. The number of alkyl halides is 3. The number of rotatable bonds is 2. The highest BCUT2D eigenvalue weighted by atomic mass is 19.4. The Kier molecular flexibility index (Phi) is 3.88. The van der Waals surface area contributed by atoms with Crippen molar-refractivity contribution in [2.45, 2.75) is 52.6 Å². The molecule has 0 aromatic rings. The summed E-state index contributed by atoms with van der Waals surface area (Å²) in [5.41, 5.74) is 2.21. The van der Waals surface area contributed by atoms with Gasteiger partial charge in [-0.1, -0.05) is 20.3 Å². The van der Waals surface area contributed by atoms with Gasteiger partial charge in [0.2, 0.25) is 0 Å². The Balaban J connectivity index is 2.33. The van der Waals surface area contributed by atoms with E-state index in [1.807, 2.05) is 13.8 Å². The van der Waals surface area contributed by atoms with Crippen molar-refractivity contribution in [3.63, 3.8) is 0 Å². The van der Waals surface area contributed by atoms with Crippen LogP contribution in [0.15, 0.2) is 27.9 Å². The van der Waals surface area contributed by atoms with Gasteiger partial charge < -0.3 is 0 Å². The summed E-state index contributed by atoms with van der Waals surface area (Å²) in [6.45, 7) is 5.95. The van der Waals surface area contributed by atoms with Gasteiger partial charge in [0.25, 0.3) is 0 Å². The SMILES string of the molecule is CCCC1CC2=C(C=C(C(F)(F)F)CC2C)N=C1C. The van der Waals surface area contributed by atoms with Crippen LogP contribution in [0.5, 0.6) is 0 Å². The molecule has 0 aromatic carbocycles. The Morgan fingerprint density at radius 1 is 1.32 bits per heavy atom. The predicted molar refractivity (Wildman–Crippen MR) is 71.1 cm³/mol. The Morgan fingerprint density at radius 3 is 2.58 bits per heavy atom. The van der Waals surface area contributed by atoms with Crippen LogP contribution in [-0.4, -0.2) is 11.9 Å². The maximum absolute atomic E-state index is 12.8. The molecule has 2 atom stereocenters. The van der Waals surface area contributed by atoms with E-state index in [0.717, 1.165) is 30.5 Å². The molecule has 0 saturated heterocycles. The van der Waals surface area contributed by atoms with E-state index in [-0.39, 0.29) is 12.3 Å². The summed E-state index contributed by atoms with van der Waals surface area (Å²) >= 11 is 0. The first kappa shape index (κ1) is 14.4. The molecule has 0 spiro atoms. The van der Waals surface area contributed by atoms with Crippen LogP contribution >= 0.6 is 0 Å². The summed E-state index contributed by atoms with van der Waals surface area (Å²) in [6.07, 6.45) is 0.140. The smallest absolute Gasteiger partial charge is 0.258 e. The number of aliphatic imine (C=N–C) groups is 1. The van der Waals surface area contributed by atoms with Gasteiger partial charge >= 0.3 is 6.18 Å². The lowest BCUT2D eigenvalue weighted by Crippen LogP contribution is -2.25. The molecule has 1 heterocycles. The maximum atomic E-state index is 12.8. The monoisotopic (exact) mass is 271 g/mol. The zero-order chi connectivity index (χ0) is 14.2. The molecule has 1 aliphatic heterocycles. The van der Waals surface area contributed by atoms with Crippen LogP contribution in [0.3, 0.4) is 0 Å². The first-order chi connectivity index (χ1) is 8.82. The van der Waals surface area contributed by atoms with E-state index in [4.69, 9.17) is 0 Å². The van der Waals surface area contributed by atoms with Gasteiger partial charge in [-0.2, -0.15) is 13.2 Å². The molecule has 0 saturated carbocycles. The lowest BCUT2D eigenvalue weighted by atomic mass is 9.78. The molecule has 2 unspecified atom stereocenters. The largest absolute Gasteiger partial charge is 0.412 e. The van der Waals surface area contributed by atoms with Crippen molar-refractivity contribution in [1.29, 1.82) is 0 Å².